The number of furan rings is 1. The van der Waals surface area contributed by atoms with Crippen LogP contribution in [0.25, 0.3) is 21.9 Å². The molecule has 3 heterocycles. The third-order valence-electron chi connectivity index (χ3n) is 3.78. The minimum Gasteiger partial charge on any atom is -0.460 e. The van der Waals surface area contributed by atoms with Crippen molar-refractivity contribution >= 4 is 50.8 Å². The Hall–Kier alpha value is -3.06. The second-order valence-electron chi connectivity index (χ2n) is 5.28. The molecule has 8 heteroatoms. The molecule has 1 aromatic carbocycles. The van der Waals surface area contributed by atoms with Gasteiger partial charge in [-0.2, -0.15) is 5.10 Å². The lowest BCUT2D eigenvalue weighted by atomic mass is 10.2. The van der Waals surface area contributed by atoms with Gasteiger partial charge in [-0.15, -0.1) is 0 Å². The molecule has 140 valence electrons. The molecule has 0 atom stereocenters. The number of ether oxygens (including phenoxy) is 1. The van der Waals surface area contributed by atoms with Crippen molar-refractivity contribution in [2.24, 2.45) is 0 Å². The molecule has 0 aliphatic heterocycles. The number of aromatic amines is 1. The Kier molecular flexibility index (Phi) is 5.61. The molecule has 0 saturated carbocycles. The first-order valence-electron chi connectivity index (χ1n) is 8.61. The van der Waals surface area contributed by atoms with Crippen molar-refractivity contribution in [3.8, 4) is 0 Å². The Bertz CT molecular complexity index is 1090. The van der Waals surface area contributed by atoms with Crippen molar-refractivity contribution in [1.82, 2.24) is 15.2 Å². The summed E-state index contributed by atoms with van der Waals surface area (Å²) in [6.45, 7) is 5.99. The first-order valence-corrected chi connectivity index (χ1v) is 8.99. The second kappa shape index (κ2) is 8.09. The first-order chi connectivity index (χ1) is 13.2. The quantitative estimate of drug-likeness (QED) is 0.462. The number of nitrogens with one attached hydrogen (secondary N) is 2. The van der Waals surface area contributed by atoms with E-state index in [0.29, 0.717) is 21.8 Å². The summed E-state index contributed by atoms with van der Waals surface area (Å²) in [4.78, 5) is 16.3. The van der Waals surface area contributed by atoms with E-state index in [-0.39, 0.29) is 12.4 Å². The third-order valence-corrected chi connectivity index (χ3v) is 4.09. The average Bonchev–Trinajstić information content (AvgIpc) is 3.32. The molecule has 0 bridgehead atoms. The molecule has 0 fully saturated rings. The van der Waals surface area contributed by atoms with Crippen LogP contribution in [-0.2, 0) is 4.74 Å². The fourth-order valence-electron chi connectivity index (χ4n) is 2.66. The number of rotatable bonds is 4. The Labute approximate surface area is 160 Å². The van der Waals surface area contributed by atoms with Gasteiger partial charge in [-0.3, -0.25) is 10.1 Å². The van der Waals surface area contributed by atoms with Crippen molar-refractivity contribution in [2.75, 3.05) is 11.9 Å². The van der Waals surface area contributed by atoms with Crippen molar-refractivity contribution in [1.29, 1.82) is 0 Å². The van der Waals surface area contributed by atoms with Gasteiger partial charge in [0.2, 0.25) is 5.76 Å². The molecule has 2 N–H and O–H groups in total. The normalized spacial score (nSPS) is 10.5. The third kappa shape index (κ3) is 3.46. The van der Waals surface area contributed by atoms with E-state index in [2.05, 4.69) is 20.5 Å². The molecule has 0 radical (unpaired) electrons. The number of esters is 1. The van der Waals surface area contributed by atoms with E-state index >= 15 is 0 Å². The van der Waals surface area contributed by atoms with Crippen LogP contribution in [0.3, 0.4) is 0 Å². The van der Waals surface area contributed by atoms with E-state index in [0.717, 1.165) is 16.5 Å². The molecule has 0 spiro atoms. The number of hydrogen-bond donors (Lipinski definition) is 2. The summed E-state index contributed by atoms with van der Waals surface area (Å²) in [5.74, 6) is -0.449. The van der Waals surface area contributed by atoms with E-state index in [4.69, 9.17) is 20.8 Å². The summed E-state index contributed by atoms with van der Waals surface area (Å²) in [6.07, 6.45) is 4.85. The minimum atomic E-state index is -0.543. The summed E-state index contributed by atoms with van der Waals surface area (Å²) in [5.41, 5.74) is 2.45. The number of carbonyl (C=O) groups is 1. The number of pyridine rings is 1. The maximum absolute atomic E-state index is 12.3. The van der Waals surface area contributed by atoms with Gasteiger partial charge in [-0.25, -0.2) is 4.79 Å². The highest BCUT2D eigenvalue weighted by atomic mass is 35.5. The van der Waals surface area contributed by atoms with E-state index in [1.165, 1.54) is 0 Å². The zero-order valence-corrected chi connectivity index (χ0v) is 15.9. The summed E-state index contributed by atoms with van der Waals surface area (Å²) in [6, 6.07) is 5.33. The van der Waals surface area contributed by atoms with Crippen LogP contribution in [0.4, 0.5) is 11.4 Å². The lowest BCUT2D eigenvalue weighted by Gasteiger charge is -2.08. The molecule has 3 aromatic heterocycles. The number of anilines is 2. The number of halogens is 1. The Morgan fingerprint density at radius 2 is 2.07 bits per heavy atom. The maximum atomic E-state index is 12.3. The SMILES string of the molecule is CC.CCOC(=O)c1oc2cnccc2c1Nc1ccc(Cl)c2[nH]ncc12. The molecule has 0 aliphatic carbocycles. The summed E-state index contributed by atoms with van der Waals surface area (Å²) >= 11 is 6.17. The molecular formula is C19H19ClN4O3. The van der Waals surface area contributed by atoms with Gasteiger partial charge >= 0.3 is 5.97 Å². The predicted octanol–water partition coefficient (Wildman–Crippen LogP) is 5.30. The van der Waals surface area contributed by atoms with Gasteiger partial charge in [0.05, 0.1) is 29.5 Å². The predicted molar refractivity (Wildman–Crippen MR) is 106 cm³/mol. The van der Waals surface area contributed by atoms with Gasteiger partial charge in [-0.05, 0) is 25.1 Å². The van der Waals surface area contributed by atoms with Crippen LogP contribution >= 0.6 is 11.6 Å². The molecule has 0 unspecified atom stereocenters. The van der Waals surface area contributed by atoms with Crippen molar-refractivity contribution < 1.29 is 13.9 Å². The van der Waals surface area contributed by atoms with Gasteiger partial charge in [0.15, 0.2) is 5.58 Å². The van der Waals surface area contributed by atoms with E-state index in [1.54, 1.807) is 37.6 Å². The van der Waals surface area contributed by atoms with Crippen LogP contribution < -0.4 is 5.32 Å². The average molecular weight is 387 g/mol. The second-order valence-corrected chi connectivity index (χ2v) is 5.68. The summed E-state index contributed by atoms with van der Waals surface area (Å²) < 4.78 is 10.7. The number of nitrogens with zero attached hydrogens (tertiary/aromatic N) is 2. The van der Waals surface area contributed by atoms with E-state index in [1.807, 2.05) is 19.9 Å². The molecule has 0 aliphatic rings. The summed E-state index contributed by atoms with van der Waals surface area (Å²) in [7, 11) is 0. The van der Waals surface area contributed by atoms with Gasteiger partial charge < -0.3 is 14.5 Å². The first kappa shape index (κ1) is 18.7. The Morgan fingerprint density at radius 1 is 1.26 bits per heavy atom. The molecule has 0 saturated heterocycles. The van der Waals surface area contributed by atoms with Gasteiger partial charge in [0, 0.05) is 22.7 Å². The number of H-pyrrole nitrogens is 1. The minimum absolute atomic E-state index is 0.0939. The fraction of sp³-hybridized carbons (Fsp3) is 0.211. The number of carbonyl (C=O) groups excluding carboxylic acids is 1. The Balaban J connectivity index is 0.00000102. The number of fused-ring (bicyclic) bond motifs is 2. The number of benzene rings is 1. The van der Waals surface area contributed by atoms with Crippen LogP contribution in [0.2, 0.25) is 5.02 Å². The molecule has 0 amide bonds. The van der Waals surface area contributed by atoms with E-state index in [9.17, 15) is 4.79 Å². The highest BCUT2D eigenvalue weighted by Crippen LogP contribution is 2.36. The highest BCUT2D eigenvalue weighted by Gasteiger charge is 2.23. The molecule has 27 heavy (non-hydrogen) atoms. The smallest absolute Gasteiger partial charge is 0.376 e. The highest BCUT2D eigenvalue weighted by molar-refractivity contribution is 6.35. The lowest BCUT2D eigenvalue weighted by Crippen LogP contribution is -2.06. The zero-order chi connectivity index (χ0) is 19.4. The van der Waals surface area contributed by atoms with Crippen LogP contribution in [-0.4, -0.2) is 27.8 Å². The zero-order valence-electron chi connectivity index (χ0n) is 15.2. The van der Waals surface area contributed by atoms with Crippen molar-refractivity contribution in [3.63, 3.8) is 0 Å². The molecular weight excluding hydrogens is 368 g/mol. The van der Waals surface area contributed by atoms with Crippen molar-refractivity contribution in [3.05, 3.63) is 47.6 Å². The lowest BCUT2D eigenvalue weighted by molar-refractivity contribution is 0.0494. The monoisotopic (exact) mass is 386 g/mol. The molecule has 7 nitrogen and oxygen atoms in total. The molecule has 4 rings (SSSR count). The van der Waals surface area contributed by atoms with Crippen LogP contribution in [0.5, 0.6) is 0 Å². The van der Waals surface area contributed by atoms with Gasteiger partial charge in [0.1, 0.15) is 5.69 Å². The van der Waals surface area contributed by atoms with Gasteiger partial charge in [0.25, 0.3) is 0 Å². The van der Waals surface area contributed by atoms with E-state index < -0.39 is 5.97 Å². The van der Waals surface area contributed by atoms with Crippen molar-refractivity contribution in [2.45, 2.75) is 20.8 Å². The standard InChI is InChI=1S/C17H13ClN4O3.C2H6/c1-2-24-17(23)16-15(9-5-6-19-8-13(9)25-16)21-12-4-3-11(18)14-10(12)7-20-22-14;1-2/h3-8,21H,2H2,1H3,(H,20,22);1-2H3. The fourth-order valence-corrected chi connectivity index (χ4v) is 2.87. The topological polar surface area (TPSA) is 93.0 Å². The Morgan fingerprint density at radius 3 is 2.85 bits per heavy atom. The van der Waals surface area contributed by atoms with Gasteiger partial charge in [-0.1, -0.05) is 25.4 Å². The maximum Gasteiger partial charge on any atom is 0.376 e. The van der Waals surface area contributed by atoms with Crippen LogP contribution in [0.1, 0.15) is 31.3 Å². The van der Waals surface area contributed by atoms with Crippen LogP contribution in [0.15, 0.2) is 41.2 Å². The summed E-state index contributed by atoms with van der Waals surface area (Å²) in [5, 5.41) is 12.2. The number of aromatic nitrogens is 3. The van der Waals surface area contributed by atoms with Crippen LogP contribution in [0, 0.1) is 0 Å². The molecule has 4 aromatic rings. The largest absolute Gasteiger partial charge is 0.460 e. The number of hydrogen-bond acceptors (Lipinski definition) is 6.